The summed E-state index contributed by atoms with van der Waals surface area (Å²) in [5, 5.41) is 6.58. The quantitative estimate of drug-likeness (QED) is 0.0620. The summed E-state index contributed by atoms with van der Waals surface area (Å²) in [5.74, 6) is -1.58. The van der Waals surface area contributed by atoms with Crippen LogP contribution in [0.5, 0.6) is 0 Å². The number of carbonyl (C=O) groups is 4. The molecule has 9 nitrogen and oxygen atoms in total. The van der Waals surface area contributed by atoms with Crippen LogP contribution in [0.15, 0.2) is 67.0 Å². The lowest BCUT2D eigenvalue weighted by atomic mass is 9.87. The minimum atomic E-state index is -0.583. The molecule has 0 saturated carbocycles. The summed E-state index contributed by atoms with van der Waals surface area (Å²) in [6.45, 7) is 4.72. The highest BCUT2D eigenvalue weighted by atomic mass is 16.5. The monoisotopic (exact) mass is 612 g/mol. The maximum atomic E-state index is 13.7. The smallest absolute Gasteiger partial charge is 0.340 e. The number of ether oxygens (including phenoxy) is 1. The zero-order valence-corrected chi connectivity index (χ0v) is 25.7. The molecule has 9 heteroatoms. The molecule has 46 heavy (non-hydrogen) atoms. The van der Waals surface area contributed by atoms with Crippen LogP contribution >= 0.6 is 0 Å². The Hall–Kier alpha value is -5.44. The van der Waals surface area contributed by atoms with Crippen LogP contribution in [-0.4, -0.2) is 58.3 Å². The molecule has 1 aliphatic heterocycles. The van der Waals surface area contributed by atoms with Crippen molar-refractivity contribution in [2.24, 2.45) is 0 Å². The summed E-state index contributed by atoms with van der Waals surface area (Å²) >= 11 is 0. The number of nitrogens with one attached hydrogen (secondary N) is 1. The number of imide groups is 1. The van der Waals surface area contributed by atoms with Crippen molar-refractivity contribution >= 4 is 67.0 Å². The van der Waals surface area contributed by atoms with Crippen molar-refractivity contribution in [3.05, 3.63) is 94.8 Å². The molecule has 0 fully saturated rings. The fourth-order valence-electron chi connectivity index (χ4n) is 6.64. The number of carbonyl (C=O) groups excluding carboxylic acids is 4. The van der Waals surface area contributed by atoms with E-state index in [0.29, 0.717) is 79.6 Å². The molecule has 0 unspecified atom stereocenters. The molecule has 0 atom stereocenters. The fourth-order valence-corrected chi connectivity index (χ4v) is 6.64. The molecule has 3 heterocycles. The van der Waals surface area contributed by atoms with Gasteiger partial charge in [-0.1, -0.05) is 62.2 Å². The second kappa shape index (κ2) is 11.8. The largest absolute Gasteiger partial charge is 0.462 e. The average molecular weight is 613 g/mol. The first-order valence-corrected chi connectivity index (χ1v) is 15.7. The van der Waals surface area contributed by atoms with E-state index < -0.39 is 5.97 Å². The van der Waals surface area contributed by atoms with Gasteiger partial charge in [-0.2, -0.15) is 0 Å². The second-order valence-electron chi connectivity index (χ2n) is 11.5. The Kier molecular flexibility index (Phi) is 7.52. The Morgan fingerprint density at radius 3 is 2.20 bits per heavy atom. The van der Waals surface area contributed by atoms with E-state index in [0.717, 1.165) is 24.8 Å². The van der Waals surface area contributed by atoms with Crippen molar-refractivity contribution < 1.29 is 23.9 Å². The van der Waals surface area contributed by atoms with E-state index in [4.69, 9.17) is 14.7 Å². The number of fused-ring (bicyclic) bond motifs is 2. The molecule has 6 aromatic rings. The van der Waals surface area contributed by atoms with Crippen molar-refractivity contribution in [2.45, 2.75) is 39.5 Å². The Labute approximate surface area is 264 Å². The van der Waals surface area contributed by atoms with Gasteiger partial charge >= 0.3 is 5.97 Å². The van der Waals surface area contributed by atoms with Crippen molar-refractivity contribution in [1.82, 2.24) is 20.2 Å². The lowest BCUT2D eigenvalue weighted by Crippen LogP contribution is -2.41. The topological polar surface area (TPSA) is 119 Å². The third-order valence-corrected chi connectivity index (χ3v) is 8.80. The number of pyridine rings is 2. The van der Waals surface area contributed by atoms with E-state index in [9.17, 15) is 19.2 Å². The van der Waals surface area contributed by atoms with Crippen LogP contribution in [0.1, 0.15) is 80.1 Å². The number of hydrogen-bond acceptors (Lipinski definition) is 7. The van der Waals surface area contributed by atoms with E-state index in [1.807, 2.05) is 36.4 Å². The van der Waals surface area contributed by atoms with Gasteiger partial charge < -0.3 is 10.1 Å². The summed E-state index contributed by atoms with van der Waals surface area (Å²) < 4.78 is 5.38. The summed E-state index contributed by atoms with van der Waals surface area (Å²) in [4.78, 5) is 65.0. The summed E-state index contributed by atoms with van der Waals surface area (Å²) in [6.07, 6.45) is 6.26. The molecule has 1 N–H and O–H groups in total. The summed E-state index contributed by atoms with van der Waals surface area (Å²) in [6, 6.07) is 16.9. The van der Waals surface area contributed by atoms with Crippen LogP contribution in [0.25, 0.3) is 43.4 Å². The molecule has 4 aromatic carbocycles. The molecule has 0 bridgehead atoms. The SMILES string of the molecule is CCCCCN1C(=O)c2ccc3c4ncc(C(=O)OCC)c5c(C(=O)NCCc6ccccc6)ccc(c6ncc(c2c36)C1=O)c54. The van der Waals surface area contributed by atoms with Gasteiger partial charge in [-0.3, -0.25) is 29.3 Å². The van der Waals surface area contributed by atoms with E-state index in [1.165, 1.54) is 17.3 Å². The maximum Gasteiger partial charge on any atom is 0.340 e. The zero-order chi connectivity index (χ0) is 31.9. The average Bonchev–Trinajstić information content (AvgIpc) is 3.08. The van der Waals surface area contributed by atoms with E-state index >= 15 is 0 Å². The maximum absolute atomic E-state index is 13.7. The second-order valence-corrected chi connectivity index (χ2v) is 11.5. The van der Waals surface area contributed by atoms with Crippen molar-refractivity contribution in [2.75, 3.05) is 19.7 Å². The number of amides is 3. The number of benzene rings is 4. The third-order valence-electron chi connectivity index (χ3n) is 8.80. The van der Waals surface area contributed by atoms with Crippen LogP contribution in [0.4, 0.5) is 0 Å². The van der Waals surface area contributed by atoms with Gasteiger partial charge in [0.2, 0.25) is 0 Å². The number of unbranched alkanes of at least 4 members (excludes halogenated alkanes) is 2. The van der Waals surface area contributed by atoms with Crippen LogP contribution in [0, 0.1) is 0 Å². The highest BCUT2D eigenvalue weighted by Gasteiger charge is 2.35. The Balaban J connectivity index is 1.42. The third kappa shape index (κ3) is 4.62. The fraction of sp³-hybridized carbons (Fsp3) is 0.243. The predicted molar refractivity (Wildman–Crippen MR) is 177 cm³/mol. The van der Waals surface area contributed by atoms with Crippen LogP contribution in [0.3, 0.4) is 0 Å². The van der Waals surface area contributed by atoms with Gasteiger partial charge in [0.05, 0.1) is 28.8 Å². The number of hydrogen-bond donors (Lipinski definition) is 1. The molecule has 1 aliphatic rings. The first kappa shape index (κ1) is 29.3. The summed E-state index contributed by atoms with van der Waals surface area (Å²) in [5.41, 5.74) is 3.53. The number of esters is 1. The highest BCUT2D eigenvalue weighted by Crippen LogP contribution is 2.43. The van der Waals surface area contributed by atoms with Gasteiger partial charge in [0.25, 0.3) is 17.7 Å². The van der Waals surface area contributed by atoms with Gasteiger partial charge in [0.1, 0.15) is 0 Å². The lowest BCUT2D eigenvalue weighted by molar-refractivity contribution is 0.0526. The summed E-state index contributed by atoms with van der Waals surface area (Å²) in [7, 11) is 0. The molecule has 2 aromatic heterocycles. The lowest BCUT2D eigenvalue weighted by Gasteiger charge is -2.28. The first-order chi connectivity index (χ1) is 22.4. The number of nitrogens with zero attached hydrogens (tertiary/aromatic N) is 3. The molecule has 3 amide bonds. The zero-order valence-electron chi connectivity index (χ0n) is 25.7. The van der Waals surface area contributed by atoms with Gasteiger partial charge in [0, 0.05) is 68.9 Å². The standard InChI is InChI=1S/C37H32N4O5/c1-3-5-9-18-41-35(43)25-15-13-23-31-29(25)26(36(41)44)19-39-33(31)22-12-14-24(34(42)38-17-16-21-10-7-6-8-11-21)28-27(37(45)46-4-2)20-40-32(23)30(22)28/h6-8,10-15,19-20H,3-5,9,16-18H2,1-2H3,(H,38,42). The molecule has 0 radical (unpaired) electrons. The molecular formula is C37H32N4O5. The molecule has 0 saturated heterocycles. The van der Waals surface area contributed by atoms with Gasteiger partial charge in [-0.05, 0) is 37.5 Å². The van der Waals surface area contributed by atoms with E-state index in [1.54, 1.807) is 25.1 Å². The van der Waals surface area contributed by atoms with Crippen LogP contribution in [-0.2, 0) is 11.2 Å². The van der Waals surface area contributed by atoms with Crippen molar-refractivity contribution in [1.29, 1.82) is 0 Å². The molecule has 0 aliphatic carbocycles. The minimum absolute atomic E-state index is 0.160. The normalized spacial score (nSPS) is 13.0. The Morgan fingerprint density at radius 1 is 0.761 bits per heavy atom. The van der Waals surface area contributed by atoms with Crippen molar-refractivity contribution in [3.8, 4) is 0 Å². The molecular weight excluding hydrogens is 580 g/mol. The van der Waals surface area contributed by atoms with Gasteiger partial charge in [0.15, 0.2) is 0 Å². The molecule has 0 spiro atoms. The predicted octanol–water partition coefficient (Wildman–Crippen LogP) is 6.46. The van der Waals surface area contributed by atoms with Crippen molar-refractivity contribution in [3.63, 3.8) is 0 Å². The Morgan fingerprint density at radius 2 is 1.46 bits per heavy atom. The number of rotatable bonds is 10. The van der Waals surface area contributed by atoms with Crippen LogP contribution < -0.4 is 5.32 Å². The Bertz CT molecular complexity index is 2120. The van der Waals surface area contributed by atoms with Gasteiger partial charge in [-0.25, -0.2) is 4.79 Å². The molecule has 7 rings (SSSR count). The van der Waals surface area contributed by atoms with E-state index in [-0.39, 0.29) is 29.9 Å². The highest BCUT2D eigenvalue weighted by molar-refractivity contribution is 6.38. The minimum Gasteiger partial charge on any atom is -0.462 e. The first-order valence-electron chi connectivity index (χ1n) is 15.7. The van der Waals surface area contributed by atoms with E-state index in [2.05, 4.69) is 12.2 Å². The van der Waals surface area contributed by atoms with Crippen LogP contribution in [0.2, 0.25) is 0 Å². The molecule has 230 valence electrons. The number of aromatic nitrogens is 2. The van der Waals surface area contributed by atoms with Gasteiger partial charge in [-0.15, -0.1) is 0 Å².